The maximum atomic E-state index is 12.6. The predicted molar refractivity (Wildman–Crippen MR) is 96.6 cm³/mol. The average Bonchev–Trinajstić information content (AvgIpc) is 2.81. The summed E-state index contributed by atoms with van der Waals surface area (Å²) in [6, 6.07) is 10.2. The minimum Gasteiger partial charge on any atom is -0.495 e. The Morgan fingerprint density at radius 1 is 1.21 bits per heavy atom. The molecule has 0 heterocycles. The molecule has 1 aliphatic carbocycles. The first-order valence-electron chi connectivity index (χ1n) is 8.83. The summed E-state index contributed by atoms with van der Waals surface area (Å²) in [6.45, 7) is 9.38. The summed E-state index contributed by atoms with van der Waals surface area (Å²) in [5, 5.41) is 0. The van der Waals surface area contributed by atoms with Crippen LogP contribution in [0, 0.1) is 5.41 Å². The van der Waals surface area contributed by atoms with E-state index in [0.29, 0.717) is 13.2 Å². The Bertz CT molecular complexity index is 568. The molecule has 0 radical (unpaired) electrons. The number of ether oxygens (including phenoxy) is 2. The molecular weight excluding hydrogens is 300 g/mol. The third kappa shape index (κ3) is 5.48. The number of ketones is 1. The van der Waals surface area contributed by atoms with Crippen LogP contribution in [0.4, 0.5) is 0 Å². The molecule has 1 aliphatic rings. The highest BCUT2D eigenvalue weighted by atomic mass is 16.5. The lowest BCUT2D eigenvalue weighted by atomic mass is 9.83. The van der Waals surface area contributed by atoms with Crippen LogP contribution in [0.15, 0.2) is 42.2 Å². The number of carbonyl (C=O) groups is 1. The number of Topliss-reactive ketones (excluding diaryl/α,β-unsaturated/α-hetero) is 1. The molecule has 1 aromatic carbocycles. The number of allylic oxidation sites excluding steroid dienone is 1. The molecule has 3 nitrogen and oxygen atoms in total. The van der Waals surface area contributed by atoms with Crippen LogP contribution >= 0.6 is 0 Å². The fraction of sp³-hybridized carbons (Fsp3) is 0.571. The highest BCUT2D eigenvalue weighted by molar-refractivity contribution is 6.01. The van der Waals surface area contributed by atoms with Crippen LogP contribution in [-0.4, -0.2) is 18.0 Å². The van der Waals surface area contributed by atoms with Crippen molar-refractivity contribution in [3.8, 4) is 0 Å². The van der Waals surface area contributed by atoms with Gasteiger partial charge in [0.2, 0.25) is 0 Å². The van der Waals surface area contributed by atoms with Crippen LogP contribution in [0.2, 0.25) is 0 Å². The van der Waals surface area contributed by atoms with Crippen LogP contribution < -0.4 is 0 Å². The van der Waals surface area contributed by atoms with E-state index in [1.807, 2.05) is 39.0 Å². The Morgan fingerprint density at radius 3 is 2.58 bits per heavy atom. The topological polar surface area (TPSA) is 35.5 Å². The summed E-state index contributed by atoms with van der Waals surface area (Å²) in [5.74, 6) is 0.245. The molecule has 2 rings (SSSR count). The molecule has 132 valence electrons. The number of carbonyl (C=O) groups excluding carboxylic acids is 1. The summed E-state index contributed by atoms with van der Waals surface area (Å²) in [4.78, 5) is 12.6. The van der Waals surface area contributed by atoms with Crippen molar-refractivity contribution < 1.29 is 14.3 Å². The molecule has 0 aliphatic heterocycles. The third-order valence-corrected chi connectivity index (χ3v) is 4.47. The standard InChI is InChI=1S/C21H30O3/c1-20(2,3)24-16-18-11-13-21(4,19(18)22)12-8-14-23-15-17-9-6-5-7-10-17/h5-7,9-10,16H,8,11-15H2,1-4H3/b18-16+/t21-/m0/s1. The first kappa shape index (κ1) is 18.7. The van der Waals surface area contributed by atoms with Gasteiger partial charge in [-0.3, -0.25) is 4.79 Å². The van der Waals surface area contributed by atoms with Gasteiger partial charge in [-0.2, -0.15) is 0 Å². The molecule has 1 saturated carbocycles. The minimum atomic E-state index is -0.261. The fourth-order valence-electron chi connectivity index (χ4n) is 2.95. The van der Waals surface area contributed by atoms with E-state index < -0.39 is 0 Å². The third-order valence-electron chi connectivity index (χ3n) is 4.47. The summed E-state index contributed by atoms with van der Waals surface area (Å²) in [7, 11) is 0. The summed E-state index contributed by atoms with van der Waals surface area (Å²) in [5.41, 5.74) is 1.50. The second-order valence-corrected chi connectivity index (χ2v) is 7.90. The largest absolute Gasteiger partial charge is 0.495 e. The van der Waals surface area contributed by atoms with Crippen molar-refractivity contribution in [2.75, 3.05) is 6.61 Å². The minimum absolute atomic E-state index is 0.245. The van der Waals surface area contributed by atoms with E-state index in [2.05, 4.69) is 19.1 Å². The van der Waals surface area contributed by atoms with Gasteiger partial charge in [-0.1, -0.05) is 37.3 Å². The van der Waals surface area contributed by atoms with Gasteiger partial charge in [0.1, 0.15) is 0 Å². The van der Waals surface area contributed by atoms with Crippen LogP contribution in [0.25, 0.3) is 0 Å². The molecule has 0 aromatic heterocycles. The Kier molecular flexibility index (Phi) is 6.22. The van der Waals surface area contributed by atoms with Crippen molar-refractivity contribution >= 4 is 5.78 Å². The average molecular weight is 330 g/mol. The smallest absolute Gasteiger partial charge is 0.167 e. The first-order valence-corrected chi connectivity index (χ1v) is 8.83. The van der Waals surface area contributed by atoms with Crippen LogP contribution in [0.3, 0.4) is 0 Å². The summed E-state index contributed by atoms with van der Waals surface area (Å²) >= 11 is 0. The second kappa shape index (κ2) is 7.98. The number of hydrogen-bond acceptors (Lipinski definition) is 3. The van der Waals surface area contributed by atoms with Gasteiger partial charge in [0, 0.05) is 17.6 Å². The molecule has 1 aromatic rings. The normalized spacial score (nSPS) is 23.0. The number of rotatable bonds is 7. The van der Waals surface area contributed by atoms with Crippen LogP contribution in [-0.2, 0) is 20.9 Å². The lowest BCUT2D eigenvalue weighted by Crippen LogP contribution is -2.23. The van der Waals surface area contributed by atoms with Gasteiger partial charge in [-0.25, -0.2) is 0 Å². The van der Waals surface area contributed by atoms with E-state index >= 15 is 0 Å². The predicted octanol–water partition coefficient (Wildman–Crippen LogP) is 5.05. The highest BCUT2D eigenvalue weighted by Gasteiger charge is 2.40. The Balaban J connectivity index is 1.75. The zero-order valence-electron chi connectivity index (χ0n) is 15.4. The Morgan fingerprint density at radius 2 is 1.92 bits per heavy atom. The molecule has 0 unspecified atom stereocenters. The van der Waals surface area contributed by atoms with Crippen LogP contribution in [0.5, 0.6) is 0 Å². The van der Waals surface area contributed by atoms with E-state index in [0.717, 1.165) is 31.3 Å². The highest BCUT2D eigenvalue weighted by Crippen LogP contribution is 2.41. The molecule has 0 saturated heterocycles. The maximum Gasteiger partial charge on any atom is 0.167 e. The Labute approximate surface area is 146 Å². The quantitative estimate of drug-likeness (QED) is 0.398. The van der Waals surface area contributed by atoms with Gasteiger partial charge in [0.05, 0.1) is 18.5 Å². The lowest BCUT2D eigenvalue weighted by molar-refractivity contribution is -0.122. The van der Waals surface area contributed by atoms with Crippen molar-refractivity contribution in [2.24, 2.45) is 5.41 Å². The van der Waals surface area contributed by atoms with Crippen molar-refractivity contribution in [3.63, 3.8) is 0 Å². The van der Waals surface area contributed by atoms with Gasteiger partial charge in [0.25, 0.3) is 0 Å². The van der Waals surface area contributed by atoms with Gasteiger partial charge >= 0.3 is 0 Å². The molecule has 0 amide bonds. The number of hydrogen-bond donors (Lipinski definition) is 0. The van der Waals surface area contributed by atoms with E-state index in [1.54, 1.807) is 6.26 Å². The van der Waals surface area contributed by atoms with E-state index in [1.165, 1.54) is 5.56 Å². The van der Waals surface area contributed by atoms with Crippen molar-refractivity contribution in [1.82, 2.24) is 0 Å². The number of benzene rings is 1. The molecule has 0 spiro atoms. The van der Waals surface area contributed by atoms with E-state index in [-0.39, 0.29) is 16.8 Å². The summed E-state index contributed by atoms with van der Waals surface area (Å²) in [6.07, 6.45) is 5.18. The van der Waals surface area contributed by atoms with Crippen molar-refractivity contribution in [3.05, 3.63) is 47.7 Å². The maximum absolute atomic E-state index is 12.6. The van der Waals surface area contributed by atoms with Crippen LogP contribution in [0.1, 0.15) is 58.9 Å². The molecule has 3 heteroatoms. The fourth-order valence-corrected chi connectivity index (χ4v) is 2.95. The van der Waals surface area contributed by atoms with Crippen molar-refractivity contribution in [1.29, 1.82) is 0 Å². The summed E-state index contributed by atoms with van der Waals surface area (Å²) < 4.78 is 11.4. The molecular formula is C21H30O3. The first-order chi connectivity index (χ1) is 11.3. The molecule has 1 atom stereocenters. The van der Waals surface area contributed by atoms with Gasteiger partial charge < -0.3 is 9.47 Å². The van der Waals surface area contributed by atoms with Crippen molar-refractivity contribution in [2.45, 2.75) is 65.6 Å². The zero-order valence-corrected chi connectivity index (χ0v) is 15.4. The lowest BCUT2D eigenvalue weighted by Gasteiger charge is -2.22. The van der Waals surface area contributed by atoms with Gasteiger partial charge in [0.15, 0.2) is 5.78 Å². The monoisotopic (exact) mass is 330 g/mol. The zero-order chi connectivity index (χ0) is 17.6. The second-order valence-electron chi connectivity index (χ2n) is 7.90. The van der Waals surface area contributed by atoms with Gasteiger partial charge in [-0.05, 0) is 52.0 Å². The van der Waals surface area contributed by atoms with Gasteiger partial charge in [-0.15, -0.1) is 0 Å². The SMILES string of the molecule is CC(C)(C)O/C=C1\CC[C@](C)(CCCOCc2ccccc2)C1=O. The molecule has 0 N–H and O–H groups in total. The molecule has 0 bridgehead atoms. The van der Waals surface area contributed by atoms with E-state index in [9.17, 15) is 4.79 Å². The Hall–Kier alpha value is -1.61. The molecule has 1 fully saturated rings. The molecule has 24 heavy (non-hydrogen) atoms. The van der Waals surface area contributed by atoms with E-state index in [4.69, 9.17) is 9.47 Å².